The summed E-state index contributed by atoms with van der Waals surface area (Å²) < 4.78 is 6.87. The van der Waals surface area contributed by atoms with Crippen molar-refractivity contribution in [3.63, 3.8) is 0 Å². The summed E-state index contributed by atoms with van der Waals surface area (Å²) in [5, 5.41) is 22.0. The number of aliphatic hydroxyl groups is 1. The van der Waals surface area contributed by atoms with E-state index in [4.69, 9.17) is 9.69 Å². The van der Waals surface area contributed by atoms with Crippen LogP contribution in [0.15, 0.2) is 84.9 Å². The Balaban J connectivity index is 1.79. The largest absolute Gasteiger partial charge is 0.407 e. The topological polar surface area (TPSA) is 53.2 Å². The van der Waals surface area contributed by atoms with Gasteiger partial charge in [0.1, 0.15) is 0 Å². The molecule has 0 bridgehead atoms. The van der Waals surface area contributed by atoms with Crippen molar-refractivity contribution in [2.75, 3.05) is 6.61 Å². The number of nitriles is 1. The minimum atomic E-state index is -2.53. The normalized spacial score (nSPS) is 12.9. The summed E-state index contributed by atoms with van der Waals surface area (Å²) in [5.74, 6) is 0. The molecule has 0 saturated heterocycles. The lowest BCUT2D eigenvalue weighted by Crippen LogP contribution is -2.66. The Kier molecular flexibility index (Phi) is 7.45. The molecule has 0 aliphatic carbocycles. The molecule has 0 heterocycles. The zero-order valence-electron chi connectivity index (χ0n) is 18.6. The van der Waals surface area contributed by atoms with Gasteiger partial charge in [0, 0.05) is 6.61 Å². The van der Waals surface area contributed by atoms with Gasteiger partial charge in [0.05, 0.1) is 17.7 Å². The Labute approximate surface area is 187 Å². The molecule has 0 aromatic heterocycles. The molecule has 3 nitrogen and oxygen atoms in total. The van der Waals surface area contributed by atoms with E-state index in [1.54, 1.807) is 12.1 Å². The van der Waals surface area contributed by atoms with E-state index in [0.29, 0.717) is 18.6 Å². The Morgan fingerprint density at radius 1 is 0.871 bits per heavy atom. The highest BCUT2D eigenvalue weighted by atomic mass is 28.4. The molecule has 1 N–H and O–H groups in total. The predicted molar refractivity (Wildman–Crippen MR) is 129 cm³/mol. The third-order valence-corrected chi connectivity index (χ3v) is 10.8. The SMILES string of the molecule is CC(C)(C)[Si](OCCCC(O)c1ccc(C#N)cc1)(c1ccccc1)c1ccccc1. The van der Waals surface area contributed by atoms with E-state index >= 15 is 0 Å². The smallest absolute Gasteiger partial charge is 0.261 e. The average molecular weight is 430 g/mol. The molecule has 4 heteroatoms. The third kappa shape index (κ3) is 5.14. The van der Waals surface area contributed by atoms with Crippen molar-refractivity contribution in [1.29, 1.82) is 5.26 Å². The maximum Gasteiger partial charge on any atom is 0.261 e. The number of nitrogens with zero attached hydrogens (tertiary/aromatic N) is 1. The zero-order valence-corrected chi connectivity index (χ0v) is 19.6. The average Bonchev–Trinajstić information content (AvgIpc) is 2.79. The fraction of sp³-hybridized carbons (Fsp3) is 0.296. The molecule has 0 radical (unpaired) electrons. The molecule has 160 valence electrons. The molecule has 3 aromatic carbocycles. The summed E-state index contributed by atoms with van der Waals surface area (Å²) in [6, 6.07) is 30.5. The van der Waals surface area contributed by atoms with Crippen molar-refractivity contribution >= 4 is 18.7 Å². The Morgan fingerprint density at radius 3 is 1.84 bits per heavy atom. The molecule has 1 unspecified atom stereocenters. The van der Waals surface area contributed by atoms with Crippen molar-refractivity contribution in [3.05, 3.63) is 96.1 Å². The highest BCUT2D eigenvalue weighted by molar-refractivity contribution is 6.99. The van der Waals surface area contributed by atoms with Crippen molar-refractivity contribution in [2.24, 2.45) is 0 Å². The van der Waals surface area contributed by atoms with Crippen molar-refractivity contribution < 1.29 is 9.53 Å². The summed E-state index contributed by atoms with van der Waals surface area (Å²) in [6.07, 6.45) is 0.811. The van der Waals surface area contributed by atoms with Crippen LogP contribution in [-0.4, -0.2) is 20.0 Å². The quantitative estimate of drug-likeness (QED) is 0.407. The van der Waals surface area contributed by atoms with Gasteiger partial charge in [-0.25, -0.2) is 0 Å². The summed E-state index contributed by atoms with van der Waals surface area (Å²) in [5.41, 5.74) is 1.44. The molecule has 0 aliphatic heterocycles. The zero-order chi connectivity index (χ0) is 22.3. The van der Waals surface area contributed by atoms with Gasteiger partial charge < -0.3 is 9.53 Å². The summed E-state index contributed by atoms with van der Waals surface area (Å²) in [4.78, 5) is 0. The summed E-state index contributed by atoms with van der Waals surface area (Å²) in [6.45, 7) is 7.39. The van der Waals surface area contributed by atoms with E-state index in [2.05, 4.69) is 75.4 Å². The number of rotatable bonds is 8. The van der Waals surface area contributed by atoms with Gasteiger partial charge in [-0.2, -0.15) is 5.26 Å². The fourth-order valence-electron chi connectivity index (χ4n) is 4.21. The number of aliphatic hydroxyl groups excluding tert-OH is 1. The van der Waals surface area contributed by atoms with Crippen molar-refractivity contribution in [3.8, 4) is 6.07 Å². The van der Waals surface area contributed by atoms with Crippen LogP contribution in [-0.2, 0) is 4.43 Å². The van der Waals surface area contributed by atoms with Gasteiger partial charge in [-0.3, -0.25) is 0 Å². The van der Waals surface area contributed by atoms with Gasteiger partial charge in [0.15, 0.2) is 0 Å². The molecule has 0 fully saturated rings. The van der Waals surface area contributed by atoms with Crippen LogP contribution in [0, 0.1) is 11.3 Å². The monoisotopic (exact) mass is 429 g/mol. The standard InChI is InChI=1S/C27H31NO2Si/c1-27(2,3)31(24-11-6-4-7-12-24,25-13-8-5-9-14-25)30-20-10-15-26(29)23-18-16-22(21-28)17-19-23/h4-9,11-14,16-19,26,29H,10,15,20H2,1-3H3. The first-order valence-electron chi connectivity index (χ1n) is 10.8. The first-order chi connectivity index (χ1) is 14.9. The molecule has 3 aromatic rings. The third-order valence-electron chi connectivity index (χ3n) is 5.78. The van der Waals surface area contributed by atoms with Crippen LogP contribution < -0.4 is 10.4 Å². The van der Waals surface area contributed by atoms with E-state index < -0.39 is 14.4 Å². The fourth-order valence-corrected chi connectivity index (χ4v) is 8.82. The van der Waals surface area contributed by atoms with Gasteiger partial charge in [0.25, 0.3) is 8.32 Å². The van der Waals surface area contributed by atoms with Crippen LogP contribution in [0.2, 0.25) is 5.04 Å². The highest BCUT2D eigenvalue weighted by Crippen LogP contribution is 2.37. The molecular weight excluding hydrogens is 398 g/mol. The van der Waals surface area contributed by atoms with Crippen LogP contribution in [0.25, 0.3) is 0 Å². The second-order valence-electron chi connectivity index (χ2n) is 8.90. The van der Waals surface area contributed by atoms with E-state index in [9.17, 15) is 5.11 Å². The lowest BCUT2D eigenvalue weighted by Gasteiger charge is -2.43. The maximum atomic E-state index is 10.6. The highest BCUT2D eigenvalue weighted by Gasteiger charge is 2.49. The molecule has 1 atom stereocenters. The maximum absolute atomic E-state index is 10.6. The number of hydrogen-bond acceptors (Lipinski definition) is 3. The van der Waals surface area contributed by atoms with Crippen LogP contribution in [0.1, 0.15) is 50.8 Å². The van der Waals surface area contributed by atoms with E-state index in [0.717, 1.165) is 12.0 Å². The Morgan fingerprint density at radius 2 is 1.39 bits per heavy atom. The summed E-state index contributed by atoms with van der Waals surface area (Å²) >= 11 is 0. The minimum absolute atomic E-state index is 0.0541. The van der Waals surface area contributed by atoms with Crippen LogP contribution in [0.3, 0.4) is 0 Å². The second-order valence-corrected chi connectivity index (χ2v) is 13.2. The van der Waals surface area contributed by atoms with Crippen LogP contribution in [0.5, 0.6) is 0 Å². The first-order valence-corrected chi connectivity index (χ1v) is 12.7. The molecule has 0 aliphatic rings. The predicted octanol–water partition coefficient (Wildman–Crippen LogP) is 4.95. The molecule has 0 saturated carbocycles. The van der Waals surface area contributed by atoms with Crippen molar-refractivity contribution in [2.45, 2.75) is 44.8 Å². The first kappa shape index (κ1) is 23.0. The lowest BCUT2D eigenvalue weighted by molar-refractivity contribution is 0.153. The van der Waals surface area contributed by atoms with Gasteiger partial charge in [-0.1, -0.05) is 93.6 Å². The van der Waals surface area contributed by atoms with Crippen molar-refractivity contribution in [1.82, 2.24) is 0 Å². The van der Waals surface area contributed by atoms with E-state index in [1.807, 2.05) is 24.3 Å². The van der Waals surface area contributed by atoms with Crippen LogP contribution in [0.4, 0.5) is 0 Å². The molecule has 3 rings (SSSR count). The van der Waals surface area contributed by atoms with Crippen LogP contribution >= 0.6 is 0 Å². The second kappa shape index (κ2) is 10.1. The molecule has 0 spiro atoms. The molecule has 31 heavy (non-hydrogen) atoms. The van der Waals surface area contributed by atoms with Gasteiger partial charge in [-0.15, -0.1) is 0 Å². The lowest BCUT2D eigenvalue weighted by atomic mass is 10.0. The Hall–Kier alpha value is -2.71. The summed E-state index contributed by atoms with van der Waals surface area (Å²) in [7, 11) is -2.53. The van der Waals surface area contributed by atoms with E-state index in [-0.39, 0.29) is 5.04 Å². The van der Waals surface area contributed by atoms with E-state index in [1.165, 1.54) is 10.4 Å². The van der Waals surface area contributed by atoms with Gasteiger partial charge in [-0.05, 0) is 45.9 Å². The number of benzene rings is 3. The number of hydrogen-bond donors (Lipinski definition) is 1. The Bertz CT molecular complexity index is 950. The minimum Gasteiger partial charge on any atom is -0.407 e. The molecular formula is C27H31NO2Si. The molecule has 0 amide bonds. The van der Waals surface area contributed by atoms with Gasteiger partial charge >= 0.3 is 0 Å². The van der Waals surface area contributed by atoms with Gasteiger partial charge in [0.2, 0.25) is 0 Å².